The first-order valence-corrected chi connectivity index (χ1v) is 9.50. The first-order chi connectivity index (χ1) is 11.7. The van der Waals surface area contributed by atoms with E-state index in [9.17, 15) is 4.79 Å². The van der Waals surface area contributed by atoms with E-state index in [1.54, 1.807) is 11.3 Å². The van der Waals surface area contributed by atoms with E-state index in [1.807, 2.05) is 30.1 Å². The van der Waals surface area contributed by atoms with E-state index in [-0.39, 0.29) is 5.91 Å². The van der Waals surface area contributed by atoms with Gasteiger partial charge in [0.1, 0.15) is 5.69 Å². The number of aromatic nitrogens is 1. The van der Waals surface area contributed by atoms with Crippen molar-refractivity contribution in [2.75, 3.05) is 7.05 Å². The molecule has 2 aromatic heterocycles. The average Bonchev–Trinajstić information content (AvgIpc) is 3.31. The Bertz CT molecular complexity index is 843. The van der Waals surface area contributed by atoms with E-state index in [1.165, 1.54) is 35.9 Å². The number of thiophene rings is 1. The summed E-state index contributed by atoms with van der Waals surface area (Å²) in [4.78, 5) is 14.9. The maximum atomic E-state index is 13.1. The fourth-order valence-corrected chi connectivity index (χ4v) is 4.60. The van der Waals surface area contributed by atoms with E-state index in [0.29, 0.717) is 12.6 Å². The Hall–Kier alpha value is -2.07. The van der Waals surface area contributed by atoms with Gasteiger partial charge in [-0.3, -0.25) is 4.79 Å². The average molecular weight is 338 g/mol. The molecule has 2 heterocycles. The minimum absolute atomic E-state index is 0.120. The van der Waals surface area contributed by atoms with Gasteiger partial charge in [0.05, 0.1) is 10.2 Å². The lowest BCUT2D eigenvalue weighted by Crippen LogP contribution is -2.29. The topological polar surface area (TPSA) is 25.2 Å². The molecule has 1 aliphatic rings. The zero-order valence-corrected chi connectivity index (χ0v) is 14.8. The summed E-state index contributed by atoms with van der Waals surface area (Å²) < 4.78 is 3.53. The molecule has 1 fully saturated rings. The van der Waals surface area contributed by atoms with Crippen LogP contribution >= 0.6 is 11.3 Å². The second-order valence-electron chi connectivity index (χ2n) is 6.65. The van der Waals surface area contributed by atoms with Crippen LogP contribution in [0.4, 0.5) is 0 Å². The number of rotatable bonds is 4. The Kier molecular flexibility index (Phi) is 4.15. The largest absolute Gasteiger partial charge is 0.336 e. The zero-order chi connectivity index (χ0) is 16.5. The predicted molar refractivity (Wildman–Crippen MR) is 99.6 cm³/mol. The van der Waals surface area contributed by atoms with Gasteiger partial charge >= 0.3 is 0 Å². The lowest BCUT2D eigenvalue weighted by molar-refractivity contribution is 0.0772. The van der Waals surface area contributed by atoms with Gasteiger partial charge < -0.3 is 9.47 Å². The fourth-order valence-electron chi connectivity index (χ4n) is 3.79. The fraction of sp³-hybridized carbons (Fsp3) is 0.350. The molecule has 4 rings (SSSR count). The first kappa shape index (κ1) is 15.5. The molecule has 0 bridgehead atoms. The number of amides is 1. The lowest BCUT2D eigenvalue weighted by atomic mass is 10.2. The number of nitrogens with zero attached hydrogens (tertiary/aromatic N) is 2. The quantitative estimate of drug-likeness (QED) is 0.650. The van der Waals surface area contributed by atoms with E-state index >= 15 is 0 Å². The molecule has 0 saturated heterocycles. The van der Waals surface area contributed by atoms with Crippen LogP contribution in [0.3, 0.4) is 0 Å². The van der Waals surface area contributed by atoms with E-state index in [2.05, 4.69) is 34.2 Å². The minimum atomic E-state index is 0.120. The molecule has 1 aromatic carbocycles. The highest BCUT2D eigenvalue weighted by Crippen LogP contribution is 2.36. The van der Waals surface area contributed by atoms with Crippen LogP contribution in [0.25, 0.3) is 10.2 Å². The molecule has 1 saturated carbocycles. The molecule has 3 nitrogen and oxygen atoms in total. The van der Waals surface area contributed by atoms with Crippen molar-refractivity contribution in [2.24, 2.45) is 0 Å². The van der Waals surface area contributed by atoms with Crippen molar-refractivity contribution >= 4 is 27.5 Å². The van der Waals surface area contributed by atoms with Crippen LogP contribution in [0.2, 0.25) is 0 Å². The van der Waals surface area contributed by atoms with Crippen molar-refractivity contribution in [2.45, 2.75) is 38.3 Å². The third-order valence-corrected chi connectivity index (χ3v) is 5.83. The highest BCUT2D eigenvalue weighted by Gasteiger charge is 2.26. The highest BCUT2D eigenvalue weighted by atomic mass is 32.1. The molecule has 24 heavy (non-hydrogen) atoms. The van der Waals surface area contributed by atoms with Crippen LogP contribution in [0.15, 0.2) is 47.8 Å². The number of benzene rings is 1. The van der Waals surface area contributed by atoms with E-state index in [4.69, 9.17) is 0 Å². The molecule has 0 radical (unpaired) electrons. The summed E-state index contributed by atoms with van der Waals surface area (Å²) in [6.07, 6.45) is 4.90. The van der Waals surface area contributed by atoms with Crippen LogP contribution in [-0.4, -0.2) is 22.4 Å². The van der Waals surface area contributed by atoms with Crippen LogP contribution < -0.4 is 0 Å². The molecule has 0 spiro atoms. The summed E-state index contributed by atoms with van der Waals surface area (Å²) >= 11 is 1.72. The summed E-state index contributed by atoms with van der Waals surface area (Å²) in [5.74, 6) is 0.120. The van der Waals surface area contributed by atoms with Crippen molar-refractivity contribution in [3.63, 3.8) is 0 Å². The SMILES string of the molecule is CN(Cc1ccccc1)C(=O)c1cc2sccc2n1C1CCCC1. The van der Waals surface area contributed by atoms with Gasteiger partial charge in [-0.05, 0) is 35.9 Å². The highest BCUT2D eigenvalue weighted by molar-refractivity contribution is 7.17. The van der Waals surface area contributed by atoms with E-state index < -0.39 is 0 Å². The molecule has 124 valence electrons. The number of hydrogen-bond acceptors (Lipinski definition) is 2. The standard InChI is InChI=1S/C20H22N2OS/c1-21(14-15-7-3-2-4-8-15)20(23)18-13-19-17(11-12-24-19)22(18)16-9-5-6-10-16/h2-4,7-8,11-13,16H,5-6,9-10,14H2,1H3. The van der Waals surface area contributed by atoms with Crippen LogP contribution in [0.5, 0.6) is 0 Å². The summed E-state index contributed by atoms with van der Waals surface area (Å²) in [5, 5.41) is 2.12. The van der Waals surface area contributed by atoms with Gasteiger partial charge in [-0.25, -0.2) is 0 Å². The van der Waals surface area contributed by atoms with Crippen LogP contribution in [0.1, 0.15) is 47.8 Å². The normalized spacial score (nSPS) is 15.2. The van der Waals surface area contributed by atoms with Gasteiger partial charge in [0, 0.05) is 19.6 Å². The molecule has 0 unspecified atom stereocenters. The predicted octanol–water partition coefficient (Wildman–Crippen LogP) is 5.09. The van der Waals surface area contributed by atoms with Crippen molar-refractivity contribution < 1.29 is 4.79 Å². The Morgan fingerprint density at radius 3 is 2.71 bits per heavy atom. The summed E-state index contributed by atoms with van der Waals surface area (Å²) in [5.41, 5.74) is 3.24. The zero-order valence-electron chi connectivity index (χ0n) is 13.9. The summed E-state index contributed by atoms with van der Waals surface area (Å²) in [6.45, 7) is 0.642. The van der Waals surface area contributed by atoms with Gasteiger partial charge in [0.15, 0.2) is 0 Å². The molecule has 1 aliphatic carbocycles. The molecular weight excluding hydrogens is 316 g/mol. The molecule has 4 heteroatoms. The Morgan fingerprint density at radius 1 is 1.21 bits per heavy atom. The van der Waals surface area contributed by atoms with Crippen LogP contribution in [-0.2, 0) is 6.54 Å². The molecule has 3 aromatic rings. The van der Waals surface area contributed by atoms with Gasteiger partial charge in [-0.15, -0.1) is 11.3 Å². The van der Waals surface area contributed by atoms with E-state index in [0.717, 1.165) is 11.3 Å². The third-order valence-electron chi connectivity index (χ3n) is 4.98. The maximum absolute atomic E-state index is 13.1. The minimum Gasteiger partial charge on any atom is -0.336 e. The maximum Gasteiger partial charge on any atom is 0.270 e. The van der Waals surface area contributed by atoms with Gasteiger partial charge in [-0.1, -0.05) is 43.2 Å². The van der Waals surface area contributed by atoms with Gasteiger partial charge in [0.25, 0.3) is 5.91 Å². The lowest BCUT2D eigenvalue weighted by Gasteiger charge is -2.21. The number of carbonyl (C=O) groups is 1. The summed E-state index contributed by atoms with van der Waals surface area (Å²) in [6, 6.07) is 14.9. The summed E-state index contributed by atoms with van der Waals surface area (Å²) in [7, 11) is 1.90. The van der Waals surface area contributed by atoms with Crippen molar-refractivity contribution in [1.29, 1.82) is 0 Å². The molecular formula is C20H22N2OS. The number of fused-ring (bicyclic) bond motifs is 1. The Morgan fingerprint density at radius 2 is 1.96 bits per heavy atom. The van der Waals surface area contributed by atoms with Crippen molar-refractivity contribution in [3.05, 3.63) is 59.1 Å². The number of carbonyl (C=O) groups excluding carboxylic acids is 1. The molecule has 0 aliphatic heterocycles. The molecule has 1 amide bonds. The van der Waals surface area contributed by atoms with Crippen molar-refractivity contribution in [1.82, 2.24) is 9.47 Å². The van der Waals surface area contributed by atoms with Gasteiger partial charge in [-0.2, -0.15) is 0 Å². The molecule has 0 atom stereocenters. The van der Waals surface area contributed by atoms with Crippen molar-refractivity contribution in [3.8, 4) is 0 Å². The molecule has 0 N–H and O–H groups in total. The van der Waals surface area contributed by atoms with Gasteiger partial charge in [0.2, 0.25) is 0 Å². The third kappa shape index (κ3) is 2.75. The Labute approximate surface area is 146 Å². The monoisotopic (exact) mass is 338 g/mol. The Balaban J connectivity index is 1.66. The number of hydrogen-bond donors (Lipinski definition) is 0. The second-order valence-corrected chi connectivity index (χ2v) is 7.60. The van der Waals surface area contributed by atoms with Crippen LogP contribution in [0, 0.1) is 0 Å². The smallest absolute Gasteiger partial charge is 0.270 e. The second kappa shape index (κ2) is 6.44. The first-order valence-electron chi connectivity index (χ1n) is 8.62.